The Labute approximate surface area is 205 Å². The number of ether oxygens (including phenoxy) is 2. The van der Waals surface area contributed by atoms with Crippen molar-refractivity contribution < 1.29 is 31.6 Å². The fourth-order valence-corrected chi connectivity index (χ4v) is 4.51. The zero-order valence-electron chi connectivity index (χ0n) is 19.2. The Hall–Kier alpha value is -3.58. The van der Waals surface area contributed by atoms with Gasteiger partial charge in [-0.2, -0.15) is 5.26 Å². The molecule has 0 radical (unpaired) electrons. The van der Waals surface area contributed by atoms with Gasteiger partial charge in [-0.25, -0.2) is 4.39 Å². The number of nitrogens with zero attached hydrogens (tertiary/aromatic N) is 3. The van der Waals surface area contributed by atoms with E-state index in [1.54, 1.807) is 18.2 Å². The van der Waals surface area contributed by atoms with E-state index in [1.165, 1.54) is 24.3 Å². The van der Waals surface area contributed by atoms with Crippen molar-refractivity contribution in [3.8, 4) is 23.1 Å². The molecule has 2 heterocycles. The van der Waals surface area contributed by atoms with Gasteiger partial charge in [-0.05, 0) is 56.0 Å². The number of halogens is 4. The van der Waals surface area contributed by atoms with E-state index in [1.807, 2.05) is 11.0 Å². The molecular formula is C26H23F4N3O3. The summed E-state index contributed by atoms with van der Waals surface area (Å²) in [6.45, 7) is 1.28. The monoisotopic (exact) mass is 501 g/mol. The molecule has 1 saturated heterocycles. The molecule has 0 N–H and O–H groups in total. The van der Waals surface area contributed by atoms with E-state index in [0.717, 1.165) is 12.8 Å². The molecule has 0 spiro atoms. The van der Waals surface area contributed by atoms with Crippen LogP contribution in [0.25, 0.3) is 11.3 Å². The van der Waals surface area contributed by atoms with Crippen LogP contribution in [-0.4, -0.2) is 30.7 Å². The van der Waals surface area contributed by atoms with Gasteiger partial charge in [-0.1, -0.05) is 17.3 Å². The number of anilines is 1. The molecule has 10 heteroatoms. The first-order valence-electron chi connectivity index (χ1n) is 11.7. The van der Waals surface area contributed by atoms with E-state index < -0.39 is 12.2 Å². The summed E-state index contributed by atoms with van der Waals surface area (Å²) >= 11 is 0. The lowest BCUT2D eigenvalue weighted by Crippen LogP contribution is -2.37. The van der Waals surface area contributed by atoms with Gasteiger partial charge < -0.3 is 18.9 Å². The quantitative estimate of drug-likeness (QED) is 0.353. The number of alkyl halides is 3. The number of aromatic nitrogens is 1. The first-order valence-corrected chi connectivity index (χ1v) is 11.7. The molecule has 36 heavy (non-hydrogen) atoms. The highest BCUT2D eigenvalue weighted by atomic mass is 19.4. The van der Waals surface area contributed by atoms with E-state index in [4.69, 9.17) is 14.5 Å². The van der Waals surface area contributed by atoms with Crippen LogP contribution in [-0.2, 0) is 11.3 Å². The highest BCUT2D eigenvalue weighted by Crippen LogP contribution is 2.45. The summed E-state index contributed by atoms with van der Waals surface area (Å²) in [5.74, 6) is 0.0432. The lowest BCUT2D eigenvalue weighted by molar-refractivity contribution is -0.274. The van der Waals surface area contributed by atoms with E-state index in [9.17, 15) is 17.6 Å². The van der Waals surface area contributed by atoms with Crippen LogP contribution in [0.15, 0.2) is 47.0 Å². The second kappa shape index (κ2) is 9.82. The number of hydrogen-bond acceptors (Lipinski definition) is 6. The third kappa shape index (κ3) is 5.31. The Kier molecular flexibility index (Phi) is 6.58. The van der Waals surface area contributed by atoms with Crippen LogP contribution in [0.2, 0.25) is 0 Å². The fraction of sp³-hybridized carbons (Fsp3) is 0.385. The van der Waals surface area contributed by atoms with Gasteiger partial charge in [0.25, 0.3) is 0 Å². The minimum absolute atomic E-state index is 0.112. The van der Waals surface area contributed by atoms with Gasteiger partial charge >= 0.3 is 6.36 Å². The Morgan fingerprint density at radius 3 is 2.50 bits per heavy atom. The largest absolute Gasteiger partial charge is 0.573 e. The third-order valence-electron chi connectivity index (χ3n) is 6.46. The van der Waals surface area contributed by atoms with Crippen molar-refractivity contribution in [2.75, 3.05) is 18.0 Å². The number of para-hydroxylation sites is 1. The number of rotatable bonds is 7. The summed E-state index contributed by atoms with van der Waals surface area (Å²) < 4.78 is 69.2. The van der Waals surface area contributed by atoms with Gasteiger partial charge in [-0.15, -0.1) is 13.2 Å². The Balaban J connectivity index is 1.29. The minimum Gasteiger partial charge on any atom is -0.405 e. The lowest BCUT2D eigenvalue weighted by Gasteiger charge is -2.33. The van der Waals surface area contributed by atoms with Crippen LogP contribution in [0.4, 0.5) is 23.2 Å². The molecule has 0 atom stereocenters. The zero-order valence-corrected chi connectivity index (χ0v) is 19.2. The molecule has 188 valence electrons. The first kappa shape index (κ1) is 24.1. The maximum Gasteiger partial charge on any atom is 0.573 e. The van der Waals surface area contributed by atoms with Gasteiger partial charge in [0.2, 0.25) is 0 Å². The summed E-state index contributed by atoms with van der Waals surface area (Å²) in [5, 5.41) is 13.0. The van der Waals surface area contributed by atoms with E-state index in [-0.39, 0.29) is 41.2 Å². The number of nitriles is 1. The molecule has 2 fully saturated rings. The van der Waals surface area contributed by atoms with Crippen molar-refractivity contribution in [2.45, 2.75) is 50.7 Å². The smallest absolute Gasteiger partial charge is 0.405 e. The molecule has 2 aliphatic rings. The fourth-order valence-electron chi connectivity index (χ4n) is 4.51. The predicted octanol–water partition coefficient (Wildman–Crippen LogP) is 6.31. The van der Waals surface area contributed by atoms with Crippen molar-refractivity contribution >= 4 is 5.69 Å². The molecular weight excluding hydrogens is 478 g/mol. The second-order valence-corrected chi connectivity index (χ2v) is 8.97. The highest BCUT2D eigenvalue weighted by Gasteiger charge is 2.36. The van der Waals surface area contributed by atoms with Gasteiger partial charge in [0.05, 0.1) is 30.0 Å². The van der Waals surface area contributed by atoms with Crippen LogP contribution < -0.4 is 9.64 Å². The minimum atomic E-state index is -4.84. The van der Waals surface area contributed by atoms with Crippen LogP contribution in [0.3, 0.4) is 0 Å². The molecule has 0 amide bonds. The lowest BCUT2D eigenvalue weighted by atomic mass is 10.0. The average Bonchev–Trinajstić information content (AvgIpc) is 3.62. The molecule has 0 unspecified atom stereocenters. The van der Waals surface area contributed by atoms with Crippen molar-refractivity contribution in [3.05, 3.63) is 65.2 Å². The first-order chi connectivity index (χ1) is 17.3. The van der Waals surface area contributed by atoms with Crippen LogP contribution in [0, 0.1) is 17.1 Å². The molecule has 1 saturated carbocycles. The molecule has 0 bridgehead atoms. The second-order valence-electron chi connectivity index (χ2n) is 8.97. The third-order valence-corrected chi connectivity index (χ3v) is 6.46. The zero-order chi connectivity index (χ0) is 25.3. The number of piperidine rings is 1. The topological polar surface area (TPSA) is 71.5 Å². The van der Waals surface area contributed by atoms with Gasteiger partial charge in [0.1, 0.15) is 23.0 Å². The molecule has 2 aromatic carbocycles. The predicted molar refractivity (Wildman–Crippen MR) is 122 cm³/mol. The van der Waals surface area contributed by atoms with Gasteiger partial charge in [0, 0.05) is 30.1 Å². The molecule has 6 nitrogen and oxygen atoms in total. The van der Waals surface area contributed by atoms with Crippen LogP contribution >= 0.6 is 0 Å². The summed E-state index contributed by atoms with van der Waals surface area (Å²) in [6, 6.07) is 12.2. The van der Waals surface area contributed by atoms with Crippen molar-refractivity contribution in [1.82, 2.24) is 5.16 Å². The van der Waals surface area contributed by atoms with E-state index >= 15 is 0 Å². The normalized spacial score (nSPS) is 16.7. The Bertz CT molecular complexity index is 1270. The average molecular weight is 501 g/mol. The standard InChI is InChI=1S/C26H23F4N3O3/c27-21-13-16(14-31)5-8-22(21)33-11-9-18(10-12-33)34-15-20-24(32-36-25(20)17-6-7-17)19-3-1-2-4-23(19)35-26(28,29)30/h1-5,8,13,17-18H,6-7,9-12,15H2. The molecule has 1 aromatic heterocycles. The summed E-state index contributed by atoms with van der Waals surface area (Å²) in [6.07, 6.45) is -1.80. The number of benzene rings is 2. The van der Waals surface area contributed by atoms with E-state index in [2.05, 4.69) is 9.89 Å². The molecule has 1 aliphatic carbocycles. The van der Waals surface area contributed by atoms with Crippen molar-refractivity contribution in [3.63, 3.8) is 0 Å². The summed E-state index contributed by atoms with van der Waals surface area (Å²) in [4.78, 5) is 1.92. The van der Waals surface area contributed by atoms with Crippen LogP contribution in [0.5, 0.6) is 5.75 Å². The number of hydrogen-bond donors (Lipinski definition) is 0. The Morgan fingerprint density at radius 1 is 1.08 bits per heavy atom. The van der Waals surface area contributed by atoms with Crippen molar-refractivity contribution in [2.24, 2.45) is 0 Å². The van der Waals surface area contributed by atoms with Crippen molar-refractivity contribution in [1.29, 1.82) is 5.26 Å². The maximum atomic E-state index is 14.4. The highest BCUT2D eigenvalue weighted by molar-refractivity contribution is 5.70. The molecule has 5 rings (SSSR count). The summed E-state index contributed by atoms with van der Waals surface area (Å²) in [5.41, 5.74) is 1.83. The van der Waals surface area contributed by atoms with Crippen LogP contribution in [0.1, 0.15) is 48.5 Å². The maximum absolute atomic E-state index is 14.4. The van der Waals surface area contributed by atoms with Gasteiger partial charge in [-0.3, -0.25) is 0 Å². The van der Waals surface area contributed by atoms with E-state index in [0.29, 0.717) is 42.9 Å². The Morgan fingerprint density at radius 2 is 1.83 bits per heavy atom. The molecule has 3 aromatic rings. The molecule has 1 aliphatic heterocycles. The summed E-state index contributed by atoms with van der Waals surface area (Å²) in [7, 11) is 0. The van der Waals surface area contributed by atoms with Gasteiger partial charge in [0.15, 0.2) is 0 Å². The SMILES string of the molecule is N#Cc1ccc(N2CCC(OCc3c(-c4ccccc4OC(F)(F)F)noc3C3CC3)CC2)c(F)c1.